The van der Waals surface area contributed by atoms with Gasteiger partial charge in [-0.1, -0.05) is 22.0 Å². The van der Waals surface area contributed by atoms with Crippen LogP contribution in [0.25, 0.3) is 0 Å². The molecule has 0 heterocycles. The number of hydrogen-bond donors (Lipinski definition) is 1. The normalized spacial score (nSPS) is 12.3. The lowest BCUT2D eigenvalue weighted by Crippen LogP contribution is -2.05. The molecule has 2 aromatic rings. The minimum Gasteiger partial charge on any atom is -0.454 e. The summed E-state index contributed by atoms with van der Waals surface area (Å²) >= 11 is 3.37. The van der Waals surface area contributed by atoms with E-state index in [0.29, 0.717) is 5.75 Å². The Hall–Kier alpha value is -1.46. The summed E-state index contributed by atoms with van der Waals surface area (Å²) in [6.07, 6.45) is 0. The molecule has 2 nitrogen and oxygen atoms in total. The lowest BCUT2D eigenvalue weighted by Gasteiger charge is -2.11. The molecule has 1 atom stereocenters. The van der Waals surface area contributed by atoms with Gasteiger partial charge < -0.3 is 10.5 Å². The van der Waals surface area contributed by atoms with Crippen molar-refractivity contribution in [1.29, 1.82) is 0 Å². The molecular formula is C14H12BrF2NO. The van der Waals surface area contributed by atoms with Crippen LogP contribution in [0.5, 0.6) is 11.5 Å². The van der Waals surface area contributed by atoms with Gasteiger partial charge >= 0.3 is 0 Å². The van der Waals surface area contributed by atoms with Crippen molar-refractivity contribution in [2.45, 2.75) is 13.0 Å². The van der Waals surface area contributed by atoms with Crippen molar-refractivity contribution >= 4 is 15.9 Å². The van der Waals surface area contributed by atoms with Crippen molar-refractivity contribution in [1.82, 2.24) is 0 Å². The van der Waals surface area contributed by atoms with Crippen molar-refractivity contribution in [2.24, 2.45) is 5.73 Å². The molecule has 2 aromatic carbocycles. The van der Waals surface area contributed by atoms with Gasteiger partial charge in [-0.2, -0.15) is 0 Å². The molecule has 0 amide bonds. The van der Waals surface area contributed by atoms with E-state index in [9.17, 15) is 8.78 Å². The summed E-state index contributed by atoms with van der Waals surface area (Å²) in [5.74, 6) is -0.919. The first-order valence-corrected chi connectivity index (χ1v) is 6.44. The fourth-order valence-electron chi connectivity index (χ4n) is 1.62. The van der Waals surface area contributed by atoms with E-state index in [1.165, 1.54) is 0 Å². The van der Waals surface area contributed by atoms with E-state index in [-0.39, 0.29) is 11.8 Å². The second-order valence-corrected chi connectivity index (χ2v) is 5.00. The highest BCUT2D eigenvalue weighted by Crippen LogP contribution is 2.30. The number of nitrogens with two attached hydrogens (primary N) is 1. The maximum absolute atomic E-state index is 13.4. The first kappa shape index (κ1) is 14.0. The summed E-state index contributed by atoms with van der Waals surface area (Å²) < 4.78 is 32.5. The van der Waals surface area contributed by atoms with Crippen LogP contribution in [0.15, 0.2) is 40.9 Å². The third-order valence-electron chi connectivity index (χ3n) is 2.58. The average Bonchev–Trinajstić information content (AvgIpc) is 2.33. The van der Waals surface area contributed by atoms with Crippen LogP contribution in [0.3, 0.4) is 0 Å². The fourth-order valence-corrected chi connectivity index (χ4v) is 2.34. The van der Waals surface area contributed by atoms with E-state index in [4.69, 9.17) is 10.5 Å². The lowest BCUT2D eigenvalue weighted by molar-refractivity contribution is 0.436. The van der Waals surface area contributed by atoms with Gasteiger partial charge in [-0.05, 0) is 36.8 Å². The topological polar surface area (TPSA) is 35.2 Å². The fraction of sp³-hybridized carbons (Fsp3) is 0.143. The van der Waals surface area contributed by atoms with Crippen molar-refractivity contribution in [3.05, 3.63) is 58.1 Å². The van der Waals surface area contributed by atoms with Crippen molar-refractivity contribution in [3.8, 4) is 11.5 Å². The molecule has 0 saturated carbocycles. The van der Waals surface area contributed by atoms with Crippen LogP contribution < -0.4 is 10.5 Å². The van der Waals surface area contributed by atoms with Gasteiger partial charge in [-0.3, -0.25) is 0 Å². The summed E-state index contributed by atoms with van der Waals surface area (Å²) in [6, 6.07) is 8.04. The van der Waals surface area contributed by atoms with E-state index in [1.54, 1.807) is 18.2 Å². The molecule has 2 rings (SSSR count). The Bertz CT molecular complexity index is 602. The van der Waals surface area contributed by atoms with Gasteiger partial charge in [0.1, 0.15) is 11.6 Å². The van der Waals surface area contributed by atoms with Gasteiger partial charge in [0.2, 0.25) is 0 Å². The van der Waals surface area contributed by atoms with Gasteiger partial charge in [0.15, 0.2) is 11.6 Å². The lowest BCUT2D eigenvalue weighted by atomic mass is 10.1. The van der Waals surface area contributed by atoms with Crippen LogP contribution in [-0.2, 0) is 0 Å². The molecule has 0 saturated heterocycles. The van der Waals surface area contributed by atoms with Crippen LogP contribution in [0, 0.1) is 11.6 Å². The summed E-state index contributed by atoms with van der Waals surface area (Å²) in [7, 11) is 0. The second kappa shape index (κ2) is 5.67. The van der Waals surface area contributed by atoms with Crippen molar-refractivity contribution in [3.63, 3.8) is 0 Å². The van der Waals surface area contributed by atoms with Crippen LogP contribution in [-0.4, -0.2) is 0 Å². The molecule has 0 radical (unpaired) electrons. The van der Waals surface area contributed by atoms with Crippen LogP contribution in [0.1, 0.15) is 18.5 Å². The third-order valence-corrected chi connectivity index (χ3v) is 3.27. The quantitative estimate of drug-likeness (QED) is 0.898. The number of halogens is 3. The number of rotatable bonds is 3. The molecule has 100 valence electrons. The SMILES string of the molecule is C[C@@H](N)c1ccc(Oc2cc(F)ccc2F)cc1Br. The molecule has 0 aliphatic rings. The predicted molar refractivity (Wildman–Crippen MR) is 73.2 cm³/mol. The zero-order valence-corrected chi connectivity index (χ0v) is 11.7. The molecule has 19 heavy (non-hydrogen) atoms. The second-order valence-electron chi connectivity index (χ2n) is 4.15. The largest absolute Gasteiger partial charge is 0.454 e. The molecular weight excluding hydrogens is 316 g/mol. The monoisotopic (exact) mass is 327 g/mol. The van der Waals surface area contributed by atoms with Crippen LogP contribution in [0.4, 0.5) is 8.78 Å². The molecule has 0 aliphatic carbocycles. The first-order chi connectivity index (χ1) is 8.97. The molecule has 0 spiro atoms. The van der Waals surface area contributed by atoms with Gasteiger partial charge in [-0.25, -0.2) is 8.78 Å². The molecule has 2 N–H and O–H groups in total. The van der Waals surface area contributed by atoms with Gasteiger partial charge in [0, 0.05) is 16.6 Å². The molecule has 0 bridgehead atoms. The first-order valence-electron chi connectivity index (χ1n) is 5.65. The van der Waals surface area contributed by atoms with Gasteiger partial charge in [0.25, 0.3) is 0 Å². The van der Waals surface area contributed by atoms with E-state index >= 15 is 0 Å². The third kappa shape index (κ3) is 3.30. The molecule has 0 aliphatic heterocycles. The molecule has 0 unspecified atom stereocenters. The predicted octanol–water partition coefficient (Wildman–Crippen LogP) is 4.54. The smallest absolute Gasteiger partial charge is 0.165 e. The standard InChI is InChI=1S/C14H12BrF2NO/c1-8(18)11-4-3-10(7-12(11)15)19-14-6-9(16)2-5-13(14)17/h2-8H,18H2,1H3/t8-/m1/s1. The van der Waals surface area contributed by atoms with Crippen molar-refractivity contribution in [2.75, 3.05) is 0 Å². The minimum absolute atomic E-state index is 0.130. The zero-order valence-electron chi connectivity index (χ0n) is 10.2. The minimum atomic E-state index is -0.617. The molecule has 0 aromatic heterocycles. The number of hydrogen-bond acceptors (Lipinski definition) is 2. The van der Waals surface area contributed by atoms with Gasteiger partial charge in [-0.15, -0.1) is 0 Å². The van der Waals surface area contributed by atoms with E-state index < -0.39 is 11.6 Å². The maximum Gasteiger partial charge on any atom is 0.165 e. The molecule has 5 heteroatoms. The van der Waals surface area contributed by atoms with E-state index in [2.05, 4.69) is 15.9 Å². The van der Waals surface area contributed by atoms with Crippen molar-refractivity contribution < 1.29 is 13.5 Å². The van der Waals surface area contributed by atoms with Crippen LogP contribution >= 0.6 is 15.9 Å². The average molecular weight is 328 g/mol. The summed E-state index contributed by atoms with van der Waals surface area (Å²) in [4.78, 5) is 0. The summed E-state index contributed by atoms with van der Waals surface area (Å²) in [5.41, 5.74) is 6.69. The Balaban J connectivity index is 2.29. The number of ether oxygens (including phenoxy) is 1. The summed E-state index contributed by atoms with van der Waals surface area (Å²) in [5, 5.41) is 0. The zero-order chi connectivity index (χ0) is 14.0. The Kier molecular flexibility index (Phi) is 4.17. The highest BCUT2D eigenvalue weighted by Gasteiger charge is 2.09. The highest BCUT2D eigenvalue weighted by molar-refractivity contribution is 9.10. The summed E-state index contributed by atoms with van der Waals surface area (Å²) in [6.45, 7) is 1.85. The Morgan fingerprint density at radius 2 is 1.89 bits per heavy atom. The number of benzene rings is 2. The Morgan fingerprint density at radius 3 is 2.53 bits per heavy atom. The van der Waals surface area contributed by atoms with Crippen LogP contribution in [0.2, 0.25) is 0 Å². The maximum atomic E-state index is 13.4. The highest BCUT2D eigenvalue weighted by atomic mass is 79.9. The van der Waals surface area contributed by atoms with E-state index in [0.717, 1.165) is 28.2 Å². The van der Waals surface area contributed by atoms with E-state index in [1.807, 2.05) is 6.92 Å². The molecule has 0 fully saturated rings. The Morgan fingerprint density at radius 1 is 1.16 bits per heavy atom. The van der Waals surface area contributed by atoms with Gasteiger partial charge in [0.05, 0.1) is 0 Å². The Labute approximate surface area is 118 Å².